The van der Waals surface area contributed by atoms with Crippen LogP contribution in [-0.2, 0) is 10.5 Å². The van der Waals surface area contributed by atoms with Gasteiger partial charge in [-0.2, -0.15) is 0 Å². The topological polar surface area (TPSA) is 88.8 Å². The van der Waals surface area contributed by atoms with Crippen molar-refractivity contribution in [2.75, 3.05) is 13.2 Å². The molecule has 2 aromatic rings. The fourth-order valence-electron chi connectivity index (χ4n) is 2.67. The Morgan fingerprint density at radius 1 is 1.24 bits per heavy atom. The van der Waals surface area contributed by atoms with Gasteiger partial charge in [0, 0.05) is 18.0 Å². The van der Waals surface area contributed by atoms with Crippen LogP contribution in [0.15, 0.2) is 45.9 Å². The van der Waals surface area contributed by atoms with Crippen molar-refractivity contribution in [2.45, 2.75) is 29.6 Å². The van der Waals surface area contributed by atoms with Crippen LogP contribution in [-0.4, -0.2) is 36.2 Å². The second-order valence-electron chi connectivity index (χ2n) is 5.69. The Kier molecular flexibility index (Phi) is 5.78. The summed E-state index contributed by atoms with van der Waals surface area (Å²) >= 11 is 1.37. The summed E-state index contributed by atoms with van der Waals surface area (Å²) in [4.78, 5) is 24.4. The maximum Gasteiger partial charge on any atom is 0.339 e. The van der Waals surface area contributed by atoms with Crippen LogP contribution >= 0.6 is 11.8 Å². The second kappa shape index (κ2) is 8.22. The first-order valence-electron chi connectivity index (χ1n) is 8.06. The number of amides is 1. The van der Waals surface area contributed by atoms with Gasteiger partial charge in [-0.05, 0) is 31.0 Å². The van der Waals surface area contributed by atoms with Gasteiger partial charge in [-0.15, -0.1) is 11.8 Å². The number of furan rings is 1. The fraction of sp³-hybridized carbons (Fsp3) is 0.333. The molecule has 3 rings (SSSR count). The maximum atomic E-state index is 12.5. The maximum absolute atomic E-state index is 12.5. The average Bonchev–Trinajstić information content (AvgIpc) is 3.29. The van der Waals surface area contributed by atoms with E-state index in [-0.39, 0.29) is 17.6 Å². The molecule has 1 unspecified atom stereocenters. The molecule has 132 valence electrons. The summed E-state index contributed by atoms with van der Waals surface area (Å²) in [6.45, 7) is 1.25. The molecular weight excluding hydrogens is 342 g/mol. The van der Waals surface area contributed by atoms with Crippen LogP contribution in [0.1, 0.15) is 39.3 Å². The summed E-state index contributed by atoms with van der Waals surface area (Å²) < 4.78 is 10.8. The number of ether oxygens (including phenoxy) is 1. The first kappa shape index (κ1) is 17.6. The minimum absolute atomic E-state index is 0.0880. The van der Waals surface area contributed by atoms with E-state index >= 15 is 0 Å². The fourth-order valence-corrected chi connectivity index (χ4v) is 3.67. The van der Waals surface area contributed by atoms with Gasteiger partial charge < -0.3 is 19.6 Å². The molecule has 1 saturated heterocycles. The molecule has 0 radical (unpaired) electrons. The molecule has 0 aliphatic carbocycles. The molecule has 0 spiro atoms. The van der Waals surface area contributed by atoms with Gasteiger partial charge in [-0.3, -0.25) is 4.79 Å². The van der Waals surface area contributed by atoms with Crippen LogP contribution < -0.4 is 5.32 Å². The normalized spacial score (nSPS) is 16.7. The zero-order chi connectivity index (χ0) is 17.6. The Morgan fingerprint density at radius 3 is 2.84 bits per heavy atom. The molecular formula is C18H19NO5S. The highest BCUT2D eigenvalue weighted by Crippen LogP contribution is 2.28. The molecule has 2 heterocycles. The zero-order valence-corrected chi connectivity index (χ0v) is 14.4. The number of aromatic carboxylic acids is 1. The van der Waals surface area contributed by atoms with E-state index in [4.69, 9.17) is 14.3 Å². The van der Waals surface area contributed by atoms with Crippen LogP contribution in [0.2, 0.25) is 0 Å². The van der Waals surface area contributed by atoms with Crippen LogP contribution in [0.5, 0.6) is 0 Å². The van der Waals surface area contributed by atoms with E-state index in [1.165, 1.54) is 24.1 Å². The Bertz CT molecular complexity index is 751. The molecule has 7 heteroatoms. The Labute approximate surface area is 149 Å². The van der Waals surface area contributed by atoms with Crippen LogP contribution in [0.4, 0.5) is 0 Å². The number of nitrogens with one attached hydrogen (secondary N) is 1. The molecule has 1 atom stereocenters. The molecule has 6 nitrogen and oxygen atoms in total. The van der Waals surface area contributed by atoms with Crippen LogP contribution in [0, 0.1) is 0 Å². The van der Waals surface area contributed by atoms with Gasteiger partial charge in [0.25, 0.3) is 5.91 Å². The highest BCUT2D eigenvalue weighted by Gasteiger charge is 2.19. The van der Waals surface area contributed by atoms with Crippen molar-refractivity contribution in [3.63, 3.8) is 0 Å². The van der Waals surface area contributed by atoms with E-state index in [1.54, 1.807) is 12.1 Å². The number of carboxylic acid groups (broad SMARTS) is 1. The van der Waals surface area contributed by atoms with Crippen molar-refractivity contribution in [1.82, 2.24) is 5.32 Å². The Hall–Kier alpha value is -2.25. The van der Waals surface area contributed by atoms with Crippen molar-refractivity contribution in [3.05, 3.63) is 53.5 Å². The smallest absolute Gasteiger partial charge is 0.339 e. The summed E-state index contributed by atoms with van der Waals surface area (Å²) in [6.07, 6.45) is 3.44. The van der Waals surface area contributed by atoms with E-state index in [9.17, 15) is 9.59 Å². The SMILES string of the molecule is O=C(NCC1CCCO1)c1ccccc1SCc1occc1C(=O)O. The van der Waals surface area contributed by atoms with Gasteiger partial charge in [-0.25, -0.2) is 4.79 Å². The first-order chi connectivity index (χ1) is 12.1. The van der Waals surface area contributed by atoms with E-state index in [2.05, 4.69) is 5.32 Å². The van der Waals surface area contributed by atoms with Crippen molar-refractivity contribution in [1.29, 1.82) is 0 Å². The number of carboxylic acids is 1. The van der Waals surface area contributed by atoms with Gasteiger partial charge >= 0.3 is 5.97 Å². The van der Waals surface area contributed by atoms with E-state index in [0.29, 0.717) is 23.6 Å². The summed E-state index contributed by atoms with van der Waals surface area (Å²) in [5, 5.41) is 12.0. The molecule has 2 N–H and O–H groups in total. The number of hydrogen-bond donors (Lipinski definition) is 2. The third-order valence-corrected chi connectivity index (χ3v) is 5.05. The quantitative estimate of drug-likeness (QED) is 0.737. The zero-order valence-electron chi connectivity index (χ0n) is 13.6. The number of hydrogen-bond acceptors (Lipinski definition) is 5. The second-order valence-corrected chi connectivity index (χ2v) is 6.71. The van der Waals surface area contributed by atoms with Gasteiger partial charge in [0.15, 0.2) is 0 Å². The molecule has 0 bridgehead atoms. The van der Waals surface area contributed by atoms with Gasteiger partial charge in [0.05, 0.1) is 23.7 Å². The molecule has 1 aromatic heterocycles. The molecule has 25 heavy (non-hydrogen) atoms. The molecule has 1 aromatic carbocycles. The monoisotopic (exact) mass is 361 g/mol. The lowest BCUT2D eigenvalue weighted by atomic mass is 10.2. The van der Waals surface area contributed by atoms with Crippen molar-refractivity contribution in [3.8, 4) is 0 Å². The predicted molar refractivity (Wildman–Crippen MR) is 93.0 cm³/mol. The first-order valence-corrected chi connectivity index (χ1v) is 9.05. The van der Waals surface area contributed by atoms with Crippen LogP contribution in [0.25, 0.3) is 0 Å². The van der Waals surface area contributed by atoms with Crippen LogP contribution in [0.3, 0.4) is 0 Å². The minimum atomic E-state index is -1.02. The Balaban J connectivity index is 1.64. The molecule has 1 fully saturated rings. The third kappa shape index (κ3) is 4.43. The average molecular weight is 361 g/mol. The highest BCUT2D eigenvalue weighted by atomic mass is 32.2. The van der Waals surface area contributed by atoms with Gasteiger partial charge in [0.2, 0.25) is 0 Å². The van der Waals surface area contributed by atoms with E-state index in [0.717, 1.165) is 24.3 Å². The molecule has 1 amide bonds. The summed E-state index contributed by atoms with van der Waals surface area (Å²) in [5.74, 6) is -0.458. The number of rotatable bonds is 7. The van der Waals surface area contributed by atoms with Crippen molar-refractivity contribution >= 4 is 23.6 Å². The lowest BCUT2D eigenvalue weighted by Gasteiger charge is -2.12. The van der Waals surface area contributed by atoms with Gasteiger partial charge in [0.1, 0.15) is 11.3 Å². The number of carbonyl (C=O) groups is 2. The number of thioether (sulfide) groups is 1. The molecule has 1 aliphatic heterocycles. The highest BCUT2D eigenvalue weighted by molar-refractivity contribution is 7.98. The number of benzene rings is 1. The minimum Gasteiger partial charge on any atom is -0.478 e. The van der Waals surface area contributed by atoms with E-state index < -0.39 is 5.97 Å². The standard InChI is InChI=1S/C18H19NO5S/c20-17(19-10-12-4-3-8-23-12)14-5-1-2-6-16(14)25-11-15-13(18(21)22)7-9-24-15/h1-2,5-7,9,12H,3-4,8,10-11H2,(H,19,20)(H,21,22). The molecule has 1 aliphatic rings. The Morgan fingerprint density at radius 2 is 2.08 bits per heavy atom. The van der Waals surface area contributed by atoms with Crippen molar-refractivity contribution in [2.24, 2.45) is 0 Å². The van der Waals surface area contributed by atoms with Crippen molar-refractivity contribution < 1.29 is 23.8 Å². The van der Waals surface area contributed by atoms with E-state index in [1.807, 2.05) is 12.1 Å². The lowest BCUT2D eigenvalue weighted by molar-refractivity contribution is 0.0694. The third-order valence-electron chi connectivity index (χ3n) is 3.98. The summed E-state index contributed by atoms with van der Waals surface area (Å²) in [6, 6.07) is 8.68. The summed E-state index contributed by atoms with van der Waals surface area (Å²) in [5.41, 5.74) is 0.710. The molecule has 0 saturated carbocycles. The van der Waals surface area contributed by atoms with Gasteiger partial charge in [-0.1, -0.05) is 12.1 Å². The predicted octanol–water partition coefficient (Wildman–Crippen LogP) is 3.18. The number of carbonyl (C=O) groups excluding carboxylic acids is 1. The summed E-state index contributed by atoms with van der Waals surface area (Å²) in [7, 11) is 0. The lowest BCUT2D eigenvalue weighted by Crippen LogP contribution is -2.32. The largest absolute Gasteiger partial charge is 0.478 e.